The van der Waals surface area contributed by atoms with Crippen LogP contribution in [-0.2, 0) is 13.2 Å². The Morgan fingerprint density at radius 3 is 2.33 bits per heavy atom. The number of carbonyl (C=O) groups is 1. The monoisotopic (exact) mass is 254 g/mol. The smallest absolute Gasteiger partial charge is 0.298 e. The van der Waals surface area contributed by atoms with E-state index in [4.69, 9.17) is 0 Å². The van der Waals surface area contributed by atoms with Gasteiger partial charge in [0.15, 0.2) is 5.69 Å². The Labute approximate surface area is 101 Å². The zero-order valence-electron chi connectivity index (χ0n) is 9.40. The highest BCUT2D eigenvalue weighted by molar-refractivity contribution is 5.77. The van der Waals surface area contributed by atoms with Gasteiger partial charge in [-0.2, -0.15) is 18.3 Å². The first-order valence-electron chi connectivity index (χ1n) is 5.08. The molecule has 0 spiro atoms. The average molecular weight is 254 g/mol. The summed E-state index contributed by atoms with van der Waals surface area (Å²) in [7, 11) is 1.43. The molecule has 2 aromatic rings. The number of hydrogen-bond donors (Lipinski definition) is 0. The Bertz CT molecular complexity index is 570. The normalized spacial score (nSPS) is 11.6. The predicted octanol–water partition coefficient (Wildman–Crippen LogP) is 2.92. The lowest BCUT2D eigenvalue weighted by Gasteiger charge is -2.06. The van der Waals surface area contributed by atoms with Gasteiger partial charge >= 0.3 is 6.18 Å². The van der Waals surface area contributed by atoms with E-state index in [-0.39, 0.29) is 5.56 Å². The van der Waals surface area contributed by atoms with Gasteiger partial charge in [0.25, 0.3) is 0 Å². The highest BCUT2D eigenvalue weighted by atomic mass is 19.4. The highest BCUT2D eigenvalue weighted by Crippen LogP contribution is 2.35. The number of benzene rings is 1. The first-order valence-corrected chi connectivity index (χ1v) is 5.08. The van der Waals surface area contributed by atoms with E-state index < -0.39 is 11.9 Å². The molecule has 6 heteroatoms. The summed E-state index contributed by atoms with van der Waals surface area (Å²) in [6, 6.07) is 5.87. The Kier molecular flexibility index (Phi) is 2.94. The maximum absolute atomic E-state index is 12.8. The van der Waals surface area contributed by atoms with Crippen molar-refractivity contribution >= 4 is 6.29 Å². The molecule has 3 nitrogen and oxygen atoms in total. The maximum atomic E-state index is 12.8. The van der Waals surface area contributed by atoms with Gasteiger partial charge in [0.05, 0.1) is 0 Å². The minimum absolute atomic E-state index is 0.00227. The lowest BCUT2D eigenvalue weighted by molar-refractivity contribution is -0.140. The van der Waals surface area contributed by atoms with E-state index >= 15 is 0 Å². The largest absolute Gasteiger partial charge is 0.435 e. The van der Waals surface area contributed by atoms with Crippen LogP contribution >= 0.6 is 0 Å². The SMILES string of the molecule is Cn1cc(-c2ccc(C=O)cc2)c(C(F)(F)F)n1. The molecule has 1 aromatic heterocycles. The molecule has 2 rings (SSSR count). The van der Waals surface area contributed by atoms with Crippen molar-refractivity contribution in [1.29, 1.82) is 0 Å². The summed E-state index contributed by atoms with van der Waals surface area (Å²) in [4.78, 5) is 10.5. The summed E-state index contributed by atoms with van der Waals surface area (Å²) >= 11 is 0. The van der Waals surface area contributed by atoms with Crippen LogP contribution in [0.15, 0.2) is 30.5 Å². The Morgan fingerprint density at radius 1 is 1.22 bits per heavy atom. The van der Waals surface area contributed by atoms with Crippen LogP contribution in [0.4, 0.5) is 13.2 Å². The van der Waals surface area contributed by atoms with Gasteiger partial charge in [0, 0.05) is 24.4 Å². The summed E-state index contributed by atoms with van der Waals surface area (Å²) in [5.74, 6) is 0. The quantitative estimate of drug-likeness (QED) is 0.772. The Balaban J connectivity index is 2.52. The summed E-state index contributed by atoms with van der Waals surface area (Å²) in [6.07, 6.45) is -2.56. The molecule has 0 aliphatic heterocycles. The van der Waals surface area contributed by atoms with Gasteiger partial charge in [0.1, 0.15) is 6.29 Å². The standard InChI is InChI=1S/C12H9F3N2O/c1-17-6-10(11(16-17)12(13,14)15)9-4-2-8(7-18)3-5-9/h2-7H,1H3. The van der Waals surface area contributed by atoms with Crippen molar-refractivity contribution in [3.8, 4) is 11.1 Å². The molecule has 18 heavy (non-hydrogen) atoms. The summed E-state index contributed by atoms with van der Waals surface area (Å²) in [5.41, 5.74) is -0.136. The molecule has 0 aliphatic rings. The van der Waals surface area contributed by atoms with Crippen molar-refractivity contribution in [2.24, 2.45) is 7.05 Å². The molecule has 0 N–H and O–H groups in total. The van der Waals surface area contributed by atoms with E-state index in [0.717, 1.165) is 4.68 Å². The molecule has 1 aromatic carbocycles. The van der Waals surface area contributed by atoms with Crippen molar-refractivity contribution in [2.75, 3.05) is 0 Å². The van der Waals surface area contributed by atoms with Crippen LogP contribution in [0.3, 0.4) is 0 Å². The van der Waals surface area contributed by atoms with E-state index in [1.54, 1.807) is 0 Å². The molecule has 0 saturated heterocycles. The second-order valence-corrected chi connectivity index (χ2v) is 3.80. The van der Waals surface area contributed by atoms with Gasteiger partial charge in [-0.15, -0.1) is 0 Å². The highest BCUT2D eigenvalue weighted by Gasteiger charge is 2.37. The fourth-order valence-electron chi connectivity index (χ4n) is 1.65. The number of halogens is 3. The molecule has 0 radical (unpaired) electrons. The van der Waals surface area contributed by atoms with E-state index in [9.17, 15) is 18.0 Å². The average Bonchev–Trinajstić information content (AvgIpc) is 2.71. The van der Waals surface area contributed by atoms with Gasteiger partial charge in [0.2, 0.25) is 0 Å². The van der Waals surface area contributed by atoms with Crippen LogP contribution in [-0.4, -0.2) is 16.1 Å². The third-order valence-corrected chi connectivity index (χ3v) is 2.46. The Hall–Kier alpha value is -2.11. The first kappa shape index (κ1) is 12.3. The molecule has 0 atom stereocenters. The van der Waals surface area contributed by atoms with Crippen molar-refractivity contribution in [1.82, 2.24) is 9.78 Å². The number of aromatic nitrogens is 2. The number of nitrogens with zero attached hydrogens (tertiary/aromatic N) is 2. The Morgan fingerprint density at radius 2 is 1.83 bits per heavy atom. The fraction of sp³-hybridized carbons (Fsp3) is 0.167. The zero-order valence-corrected chi connectivity index (χ0v) is 9.40. The number of hydrogen-bond acceptors (Lipinski definition) is 2. The van der Waals surface area contributed by atoms with E-state index in [2.05, 4.69) is 5.10 Å². The fourth-order valence-corrected chi connectivity index (χ4v) is 1.65. The van der Waals surface area contributed by atoms with Gasteiger partial charge in [-0.3, -0.25) is 9.48 Å². The van der Waals surface area contributed by atoms with Gasteiger partial charge < -0.3 is 0 Å². The summed E-state index contributed by atoms with van der Waals surface area (Å²) in [6.45, 7) is 0. The topological polar surface area (TPSA) is 34.9 Å². The van der Waals surface area contributed by atoms with Gasteiger partial charge in [-0.05, 0) is 5.56 Å². The van der Waals surface area contributed by atoms with Crippen molar-refractivity contribution in [2.45, 2.75) is 6.18 Å². The van der Waals surface area contributed by atoms with Crippen LogP contribution < -0.4 is 0 Å². The van der Waals surface area contributed by atoms with Crippen LogP contribution in [0.1, 0.15) is 16.1 Å². The van der Waals surface area contributed by atoms with Crippen molar-refractivity contribution in [3.05, 3.63) is 41.7 Å². The number of alkyl halides is 3. The summed E-state index contributed by atoms with van der Waals surface area (Å²) < 4.78 is 39.4. The van der Waals surface area contributed by atoms with Crippen molar-refractivity contribution < 1.29 is 18.0 Å². The first-order chi connectivity index (χ1) is 8.41. The molecule has 94 valence electrons. The second-order valence-electron chi connectivity index (χ2n) is 3.80. The van der Waals surface area contributed by atoms with Gasteiger partial charge in [-0.1, -0.05) is 24.3 Å². The van der Waals surface area contributed by atoms with Crippen LogP contribution in [0.2, 0.25) is 0 Å². The zero-order chi connectivity index (χ0) is 13.3. The van der Waals surface area contributed by atoms with E-state index in [1.807, 2.05) is 0 Å². The molecular weight excluding hydrogens is 245 g/mol. The van der Waals surface area contributed by atoms with Crippen molar-refractivity contribution in [3.63, 3.8) is 0 Å². The summed E-state index contributed by atoms with van der Waals surface area (Å²) in [5, 5.41) is 3.42. The molecule has 0 saturated carbocycles. The van der Waals surface area contributed by atoms with Crippen LogP contribution in [0.25, 0.3) is 11.1 Å². The maximum Gasteiger partial charge on any atom is 0.435 e. The van der Waals surface area contributed by atoms with Crippen LogP contribution in [0, 0.1) is 0 Å². The van der Waals surface area contributed by atoms with Crippen LogP contribution in [0.5, 0.6) is 0 Å². The molecule has 0 fully saturated rings. The number of rotatable bonds is 2. The molecule has 0 aliphatic carbocycles. The number of aldehydes is 1. The number of aryl methyl sites for hydroxylation is 1. The van der Waals surface area contributed by atoms with E-state index in [1.165, 1.54) is 37.5 Å². The minimum atomic E-state index is -4.50. The predicted molar refractivity (Wildman–Crippen MR) is 59.0 cm³/mol. The third kappa shape index (κ3) is 2.27. The van der Waals surface area contributed by atoms with E-state index in [0.29, 0.717) is 17.4 Å². The molecular formula is C12H9F3N2O. The lowest BCUT2D eigenvalue weighted by Crippen LogP contribution is -2.08. The minimum Gasteiger partial charge on any atom is -0.298 e. The number of carbonyl (C=O) groups excluding carboxylic acids is 1. The third-order valence-electron chi connectivity index (χ3n) is 2.46. The lowest BCUT2D eigenvalue weighted by atomic mass is 10.0. The molecule has 0 amide bonds. The second kappa shape index (κ2) is 4.29. The molecule has 0 bridgehead atoms. The molecule has 0 unspecified atom stereocenters. The van der Waals surface area contributed by atoms with Gasteiger partial charge in [-0.25, -0.2) is 0 Å². The molecule has 1 heterocycles.